The lowest BCUT2D eigenvalue weighted by Crippen LogP contribution is -2.22. The second-order valence-corrected chi connectivity index (χ2v) is 8.06. The number of aryl methyl sites for hydroxylation is 1. The van der Waals surface area contributed by atoms with Crippen molar-refractivity contribution >= 4 is 23.2 Å². The van der Waals surface area contributed by atoms with Gasteiger partial charge in [0.05, 0.1) is 11.3 Å². The fourth-order valence-electron chi connectivity index (χ4n) is 4.78. The molecular weight excluding hydrogens is 336 g/mol. The minimum Gasteiger partial charge on any atom is -0.325 e. The van der Waals surface area contributed by atoms with Crippen molar-refractivity contribution in [3.05, 3.63) is 59.7 Å². The van der Waals surface area contributed by atoms with Crippen molar-refractivity contribution in [2.45, 2.75) is 39.0 Å². The Morgan fingerprint density at radius 1 is 1.00 bits per heavy atom. The van der Waals surface area contributed by atoms with E-state index in [4.69, 9.17) is 0 Å². The summed E-state index contributed by atoms with van der Waals surface area (Å²) >= 11 is 0. The zero-order valence-electron chi connectivity index (χ0n) is 15.7. The highest BCUT2D eigenvalue weighted by Gasteiger charge is 2.40. The van der Waals surface area contributed by atoms with Gasteiger partial charge in [-0.2, -0.15) is 0 Å². The highest BCUT2D eigenvalue weighted by atomic mass is 16.2. The predicted octanol–water partition coefficient (Wildman–Crippen LogP) is 5.01. The standard InChI is InChI=1S/C23H26N2O2/c1-15-5-4-6-19(11-15)24-23(27)20-7-2-3-8-21(20)25-22(26)14-18-13-16-9-10-17(18)12-16/h2-8,11,16-18H,9-10,12-14H2,1H3,(H,24,27)(H,25,26)/t16-,17+,18+/m0/s1. The van der Waals surface area contributed by atoms with Crippen molar-refractivity contribution < 1.29 is 9.59 Å². The average Bonchev–Trinajstić information content (AvgIpc) is 3.25. The molecule has 27 heavy (non-hydrogen) atoms. The van der Waals surface area contributed by atoms with Crippen LogP contribution in [0.1, 0.15) is 48.0 Å². The number of para-hydroxylation sites is 1. The van der Waals surface area contributed by atoms with Crippen LogP contribution in [-0.4, -0.2) is 11.8 Å². The Hall–Kier alpha value is -2.62. The number of anilines is 2. The molecule has 0 aliphatic heterocycles. The maximum Gasteiger partial charge on any atom is 0.257 e. The predicted molar refractivity (Wildman–Crippen MR) is 108 cm³/mol. The average molecular weight is 362 g/mol. The summed E-state index contributed by atoms with van der Waals surface area (Å²) in [7, 11) is 0. The molecule has 0 heterocycles. The molecule has 2 aromatic carbocycles. The SMILES string of the molecule is Cc1cccc(NC(=O)c2ccccc2NC(=O)C[C@H]2C[C@H]3CC[C@@H]2C3)c1. The third-order valence-corrected chi connectivity index (χ3v) is 6.05. The molecule has 2 aromatic rings. The molecule has 0 saturated heterocycles. The molecule has 2 bridgehead atoms. The van der Waals surface area contributed by atoms with Gasteiger partial charge in [0.1, 0.15) is 0 Å². The molecule has 2 N–H and O–H groups in total. The van der Waals surface area contributed by atoms with Crippen molar-refractivity contribution in [1.82, 2.24) is 0 Å². The van der Waals surface area contributed by atoms with Gasteiger partial charge < -0.3 is 10.6 Å². The Morgan fingerprint density at radius 2 is 1.85 bits per heavy atom. The van der Waals surface area contributed by atoms with Gasteiger partial charge in [0.25, 0.3) is 5.91 Å². The lowest BCUT2D eigenvalue weighted by molar-refractivity contribution is -0.117. The van der Waals surface area contributed by atoms with Crippen molar-refractivity contribution in [3.63, 3.8) is 0 Å². The first kappa shape index (κ1) is 17.8. The molecular formula is C23H26N2O2. The molecule has 3 atom stereocenters. The van der Waals surface area contributed by atoms with Crippen molar-refractivity contribution in [2.75, 3.05) is 10.6 Å². The Bertz CT molecular complexity index is 861. The van der Waals surface area contributed by atoms with E-state index < -0.39 is 0 Å². The maximum absolute atomic E-state index is 12.7. The fraction of sp³-hybridized carbons (Fsp3) is 0.391. The zero-order chi connectivity index (χ0) is 18.8. The highest BCUT2D eigenvalue weighted by molar-refractivity contribution is 6.10. The topological polar surface area (TPSA) is 58.2 Å². The van der Waals surface area contributed by atoms with E-state index in [1.54, 1.807) is 12.1 Å². The van der Waals surface area contributed by atoms with E-state index >= 15 is 0 Å². The molecule has 2 amide bonds. The summed E-state index contributed by atoms with van der Waals surface area (Å²) in [5.41, 5.74) is 2.90. The van der Waals surface area contributed by atoms with Crippen LogP contribution < -0.4 is 10.6 Å². The van der Waals surface area contributed by atoms with E-state index in [1.807, 2.05) is 43.3 Å². The normalized spacial score (nSPS) is 23.2. The van der Waals surface area contributed by atoms with E-state index in [9.17, 15) is 9.59 Å². The third kappa shape index (κ3) is 4.05. The van der Waals surface area contributed by atoms with Gasteiger partial charge in [-0.1, -0.05) is 30.7 Å². The number of rotatable bonds is 5. The number of carbonyl (C=O) groups excluding carboxylic acids is 2. The van der Waals surface area contributed by atoms with Crippen LogP contribution in [0.2, 0.25) is 0 Å². The molecule has 0 unspecified atom stereocenters. The number of hydrogen-bond donors (Lipinski definition) is 2. The fourth-order valence-corrected chi connectivity index (χ4v) is 4.78. The molecule has 2 fully saturated rings. The summed E-state index contributed by atoms with van der Waals surface area (Å²) in [5.74, 6) is 1.87. The summed E-state index contributed by atoms with van der Waals surface area (Å²) in [4.78, 5) is 25.3. The van der Waals surface area contributed by atoms with E-state index in [1.165, 1.54) is 25.7 Å². The number of benzene rings is 2. The first-order chi connectivity index (χ1) is 13.1. The van der Waals surface area contributed by atoms with Gasteiger partial charge in [-0.15, -0.1) is 0 Å². The molecule has 4 nitrogen and oxygen atoms in total. The van der Waals surface area contributed by atoms with Gasteiger partial charge >= 0.3 is 0 Å². The highest BCUT2D eigenvalue weighted by Crippen LogP contribution is 2.49. The number of fused-ring (bicyclic) bond motifs is 2. The molecule has 4 rings (SSSR count). The summed E-state index contributed by atoms with van der Waals surface area (Å²) in [6.45, 7) is 1.99. The van der Waals surface area contributed by atoms with Crippen molar-refractivity contribution in [1.29, 1.82) is 0 Å². The van der Waals surface area contributed by atoms with Crippen LogP contribution in [-0.2, 0) is 4.79 Å². The van der Waals surface area contributed by atoms with Crippen LogP contribution in [0.15, 0.2) is 48.5 Å². The summed E-state index contributed by atoms with van der Waals surface area (Å²) in [5, 5.41) is 5.89. The lowest BCUT2D eigenvalue weighted by Gasteiger charge is -2.21. The zero-order valence-corrected chi connectivity index (χ0v) is 15.7. The number of hydrogen-bond acceptors (Lipinski definition) is 2. The van der Waals surface area contributed by atoms with E-state index in [2.05, 4.69) is 10.6 Å². The largest absolute Gasteiger partial charge is 0.325 e. The summed E-state index contributed by atoms with van der Waals surface area (Å²) in [6.07, 6.45) is 5.67. The number of carbonyl (C=O) groups is 2. The maximum atomic E-state index is 12.7. The van der Waals surface area contributed by atoms with Crippen LogP contribution in [0.25, 0.3) is 0 Å². The Kier molecular flexibility index (Phi) is 4.97. The van der Waals surface area contributed by atoms with Crippen molar-refractivity contribution in [2.24, 2.45) is 17.8 Å². The van der Waals surface area contributed by atoms with E-state index in [-0.39, 0.29) is 11.8 Å². The van der Waals surface area contributed by atoms with Crippen LogP contribution in [0.4, 0.5) is 11.4 Å². The van der Waals surface area contributed by atoms with Crippen LogP contribution in [0.3, 0.4) is 0 Å². The van der Waals surface area contributed by atoms with Crippen molar-refractivity contribution in [3.8, 4) is 0 Å². The summed E-state index contributed by atoms with van der Waals surface area (Å²) < 4.78 is 0. The van der Waals surface area contributed by atoms with Gasteiger partial charge in [0.15, 0.2) is 0 Å². The molecule has 4 heteroatoms. The summed E-state index contributed by atoms with van der Waals surface area (Å²) in [6, 6.07) is 14.9. The number of amides is 2. The first-order valence-corrected chi connectivity index (χ1v) is 9.85. The smallest absolute Gasteiger partial charge is 0.257 e. The van der Waals surface area contributed by atoms with Gasteiger partial charge in [-0.3, -0.25) is 9.59 Å². The monoisotopic (exact) mass is 362 g/mol. The van der Waals surface area contributed by atoms with Crippen LogP contribution >= 0.6 is 0 Å². The Labute approximate surface area is 160 Å². The molecule has 2 aliphatic carbocycles. The van der Waals surface area contributed by atoms with Gasteiger partial charge in [-0.05, 0) is 73.8 Å². The lowest BCUT2D eigenvalue weighted by atomic mass is 9.86. The molecule has 0 radical (unpaired) electrons. The van der Waals surface area contributed by atoms with Gasteiger partial charge in [-0.25, -0.2) is 0 Å². The first-order valence-electron chi connectivity index (χ1n) is 9.85. The molecule has 2 aliphatic rings. The molecule has 2 saturated carbocycles. The van der Waals surface area contributed by atoms with Crippen LogP contribution in [0.5, 0.6) is 0 Å². The Balaban J connectivity index is 1.42. The minimum atomic E-state index is -0.212. The van der Waals surface area contributed by atoms with Crippen LogP contribution in [0, 0.1) is 24.7 Å². The van der Waals surface area contributed by atoms with E-state index in [0.717, 1.165) is 23.1 Å². The quantitative estimate of drug-likeness (QED) is 0.785. The minimum absolute atomic E-state index is 0.0170. The number of nitrogens with one attached hydrogen (secondary N) is 2. The Morgan fingerprint density at radius 3 is 2.59 bits per heavy atom. The molecule has 140 valence electrons. The second kappa shape index (κ2) is 7.55. The molecule has 0 aromatic heterocycles. The molecule has 0 spiro atoms. The van der Waals surface area contributed by atoms with Gasteiger partial charge in [0.2, 0.25) is 5.91 Å². The second-order valence-electron chi connectivity index (χ2n) is 8.06. The van der Waals surface area contributed by atoms with E-state index in [0.29, 0.717) is 23.6 Å². The third-order valence-electron chi connectivity index (χ3n) is 6.05. The van der Waals surface area contributed by atoms with Gasteiger partial charge in [0, 0.05) is 12.1 Å².